The average molecular weight is 427 g/mol. The van der Waals surface area contributed by atoms with E-state index in [1.54, 1.807) is 17.9 Å². The van der Waals surface area contributed by atoms with E-state index in [9.17, 15) is 13.6 Å². The van der Waals surface area contributed by atoms with Gasteiger partial charge in [0.25, 0.3) is 12.3 Å². The Hall–Kier alpha value is -3.66. The van der Waals surface area contributed by atoms with Crippen LogP contribution in [0.1, 0.15) is 21.9 Å². The number of benzene rings is 2. The van der Waals surface area contributed by atoms with Gasteiger partial charge in [-0.15, -0.1) is 10.2 Å². The zero-order valence-corrected chi connectivity index (χ0v) is 16.4. The third-order valence-corrected chi connectivity index (χ3v) is 5.02. The summed E-state index contributed by atoms with van der Waals surface area (Å²) in [6.45, 7) is 0. The molecular weight excluding hydrogens is 412 g/mol. The van der Waals surface area contributed by atoms with E-state index >= 15 is 0 Å². The fourth-order valence-corrected chi connectivity index (χ4v) is 3.35. The number of rotatable bonds is 6. The molecule has 30 heavy (non-hydrogen) atoms. The fraction of sp³-hybridized carbons (Fsp3) is 0.100. The second-order valence-electron chi connectivity index (χ2n) is 6.09. The number of nitrogens with zero attached hydrogens (tertiary/aromatic N) is 4. The van der Waals surface area contributed by atoms with Crippen LogP contribution in [0.4, 0.5) is 13.9 Å². The Labute approximate surface area is 174 Å². The van der Waals surface area contributed by atoms with Crippen molar-refractivity contribution in [1.82, 2.24) is 20.0 Å². The lowest BCUT2D eigenvalue weighted by atomic mass is 10.1. The van der Waals surface area contributed by atoms with Crippen LogP contribution in [0.5, 0.6) is 5.75 Å². The maximum absolute atomic E-state index is 12.7. The van der Waals surface area contributed by atoms with Gasteiger partial charge in [-0.1, -0.05) is 29.5 Å². The number of alkyl halides is 2. The van der Waals surface area contributed by atoms with Crippen LogP contribution in [0.2, 0.25) is 0 Å². The number of hydrogen-bond acceptors (Lipinski definition) is 6. The molecule has 1 amide bonds. The molecule has 2 aromatic carbocycles. The van der Waals surface area contributed by atoms with E-state index in [1.165, 1.54) is 0 Å². The molecule has 4 aromatic rings. The van der Waals surface area contributed by atoms with Crippen molar-refractivity contribution in [3.05, 3.63) is 71.4 Å². The quantitative estimate of drug-likeness (QED) is 0.487. The van der Waals surface area contributed by atoms with Gasteiger partial charge in [0.1, 0.15) is 5.75 Å². The van der Waals surface area contributed by atoms with Crippen molar-refractivity contribution < 1.29 is 18.3 Å². The molecule has 2 aromatic heterocycles. The van der Waals surface area contributed by atoms with Gasteiger partial charge in [0, 0.05) is 5.56 Å². The van der Waals surface area contributed by atoms with Crippen molar-refractivity contribution in [1.29, 1.82) is 0 Å². The molecule has 0 fully saturated rings. The molecule has 0 aliphatic rings. The molecule has 0 aliphatic carbocycles. The normalized spacial score (nSPS) is 10.9. The van der Waals surface area contributed by atoms with Gasteiger partial charge in [-0.2, -0.15) is 5.10 Å². The molecule has 0 radical (unpaired) electrons. The number of carbonyl (C=O) groups is 1. The van der Waals surface area contributed by atoms with Crippen LogP contribution in [-0.2, 0) is 0 Å². The third-order valence-electron chi connectivity index (χ3n) is 4.18. The molecular formula is C20H15F2N5O2S. The number of carbonyl (C=O) groups excluding carboxylic acids is 1. The predicted octanol–water partition coefficient (Wildman–Crippen LogP) is 4.59. The van der Waals surface area contributed by atoms with Crippen molar-refractivity contribution in [3.63, 3.8) is 0 Å². The lowest BCUT2D eigenvalue weighted by molar-refractivity contribution is 0.102. The van der Waals surface area contributed by atoms with E-state index in [2.05, 4.69) is 20.6 Å². The van der Waals surface area contributed by atoms with Crippen LogP contribution in [0.15, 0.2) is 60.7 Å². The first-order valence-corrected chi connectivity index (χ1v) is 9.59. The van der Waals surface area contributed by atoms with E-state index in [1.807, 2.05) is 54.6 Å². The van der Waals surface area contributed by atoms with Crippen molar-refractivity contribution in [2.45, 2.75) is 6.43 Å². The number of amides is 1. The highest BCUT2D eigenvalue weighted by molar-refractivity contribution is 7.15. The number of hydrogen-bond donors (Lipinski definition) is 1. The summed E-state index contributed by atoms with van der Waals surface area (Å²) in [4.78, 5) is 12.7. The molecule has 0 saturated heterocycles. The molecule has 0 bridgehead atoms. The molecule has 0 saturated carbocycles. The molecule has 0 unspecified atom stereocenters. The van der Waals surface area contributed by atoms with Crippen molar-refractivity contribution >= 4 is 22.4 Å². The topological polar surface area (TPSA) is 81.9 Å². The van der Waals surface area contributed by atoms with E-state index in [-0.39, 0.29) is 10.8 Å². The molecule has 0 spiro atoms. The van der Waals surface area contributed by atoms with Crippen LogP contribution < -0.4 is 10.1 Å². The number of para-hydroxylation sites is 1. The first-order valence-electron chi connectivity index (χ1n) is 8.78. The SMILES string of the molecule is COc1ccc(-c2cc(C(=O)Nc3nnc(C(F)F)s3)nn2-c2ccccc2)cc1. The molecule has 2 heterocycles. The third kappa shape index (κ3) is 4.03. The van der Waals surface area contributed by atoms with Crippen LogP contribution in [0.3, 0.4) is 0 Å². The number of halogens is 2. The lowest BCUT2D eigenvalue weighted by Crippen LogP contribution is -2.13. The van der Waals surface area contributed by atoms with Gasteiger partial charge in [-0.05, 0) is 42.5 Å². The van der Waals surface area contributed by atoms with Gasteiger partial charge in [0.2, 0.25) is 5.13 Å². The fourth-order valence-electron chi connectivity index (χ4n) is 2.76. The monoisotopic (exact) mass is 427 g/mol. The summed E-state index contributed by atoms with van der Waals surface area (Å²) in [7, 11) is 1.58. The number of ether oxygens (including phenoxy) is 1. The summed E-state index contributed by atoms with van der Waals surface area (Å²) in [5.74, 6) is 0.130. The van der Waals surface area contributed by atoms with Crippen LogP contribution >= 0.6 is 11.3 Å². The summed E-state index contributed by atoms with van der Waals surface area (Å²) >= 11 is 0.619. The first kappa shape index (κ1) is 19.6. The van der Waals surface area contributed by atoms with E-state index in [4.69, 9.17) is 4.74 Å². The Morgan fingerprint density at radius 3 is 2.47 bits per heavy atom. The molecule has 10 heteroatoms. The van der Waals surface area contributed by atoms with Gasteiger partial charge in [0.05, 0.1) is 18.5 Å². The highest BCUT2D eigenvalue weighted by Gasteiger charge is 2.20. The maximum Gasteiger partial charge on any atom is 0.291 e. The Morgan fingerprint density at radius 2 is 1.83 bits per heavy atom. The first-order chi connectivity index (χ1) is 14.5. The van der Waals surface area contributed by atoms with Gasteiger partial charge in [0.15, 0.2) is 10.7 Å². The van der Waals surface area contributed by atoms with Gasteiger partial charge < -0.3 is 4.74 Å². The highest BCUT2D eigenvalue weighted by Crippen LogP contribution is 2.28. The summed E-state index contributed by atoms with van der Waals surface area (Å²) in [5, 5.41) is 13.4. The summed E-state index contributed by atoms with van der Waals surface area (Å²) in [5.41, 5.74) is 2.37. The molecule has 1 N–H and O–H groups in total. The van der Waals surface area contributed by atoms with Crippen LogP contribution in [0.25, 0.3) is 16.9 Å². The molecule has 4 rings (SSSR count). The average Bonchev–Trinajstić information content (AvgIpc) is 3.42. The van der Waals surface area contributed by atoms with E-state index in [0.29, 0.717) is 22.8 Å². The maximum atomic E-state index is 12.7. The molecule has 0 aliphatic heterocycles. The van der Waals surface area contributed by atoms with Crippen molar-refractivity contribution in [2.24, 2.45) is 0 Å². The van der Waals surface area contributed by atoms with Crippen molar-refractivity contribution in [2.75, 3.05) is 12.4 Å². The Balaban J connectivity index is 1.69. The number of nitrogens with one attached hydrogen (secondary N) is 1. The number of methoxy groups -OCH3 is 1. The van der Waals surface area contributed by atoms with Gasteiger partial charge in [-0.25, -0.2) is 13.5 Å². The van der Waals surface area contributed by atoms with Crippen molar-refractivity contribution in [3.8, 4) is 22.7 Å². The van der Waals surface area contributed by atoms with Gasteiger partial charge in [-0.3, -0.25) is 10.1 Å². The second-order valence-corrected chi connectivity index (χ2v) is 7.10. The second kappa shape index (κ2) is 8.37. The lowest BCUT2D eigenvalue weighted by Gasteiger charge is -2.08. The summed E-state index contributed by atoms with van der Waals surface area (Å²) in [6.07, 6.45) is -2.74. The molecule has 0 atom stereocenters. The minimum atomic E-state index is -2.74. The van der Waals surface area contributed by atoms with Gasteiger partial charge >= 0.3 is 0 Å². The number of anilines is 1. The minimum absolute atomic E-state index is 0.0180. The number of aromatic nitrogens is 4. The standard InChI is InChI=1S/C20H15F2N5O2S/c1-29-14-9-7-12(8-10-14)16-11-15(26-27(16)13-5-3-2-4-6-13)18(28)23-20-25-24-19(30-20)17(21)22/h2-11,17H,1H3,(H,23,25,28). The van der Waals surface area contributed by atoms with E-state index in [0.717, 1.165) is 11.3 Å². The minimum Gasteiger partial charge on any atom is -0.497 e. The Kier molecular flexibility index (Phi) is 5.48. The van der Waals surface area contributed by atoms with Crippen LogP contribution in [0, 0.1) is 0 Å². The summed E-state index contributed by atoms with van der Waals surface area (Å²) < 4.78 is 32.2. The highest BCUT2D eigenvalue weighted by atomic mass is 32.1. The largest absolute Gasteiger partial charge is 0.497 e. The molecule has 7 nitrogen and oxygen atoms in total. The summed E-state index contributed by atoms with van der Waals surface area (Å²) in [6, 6.07) is 18.3. The zero-order chi connectivity index (χ0) is 21.1. The van der Waals surface area contributed by atoms with E-state index < -0.39 is 17.3 Å². The molecule has 152 valence electrons. The smallest absolute Gasteiger partial charge is 0.291 e. The predicted molar refractivity (Wildman–Crippen MR) is 108 cm³/mol. The zero-order valence-electron chi connectivity index (χ0n) is 15.6. The Bertz CT molecular complexity index is 1160. The Morgan fingerprint density at radius 1 is 1.10 bits per heavy atom. The van der Waals surface area contributed by atoms with Crippen LogP contribution in [-0.4, -0.2) is 33.0 Å².